The van der Waals surface area contributed by atoms with E-state index in [0.29, 0.717) is 5.56 Å². The molecule has 7 heteroatoms. The quantitative estimate of drug-likeness (QED) is 0.892. The van der Waals surface area contributed by atoms with Crippen molar-refractivity contribution < 1.29 is 19.1 Å². The van der Waals surface area contributed by atoms with E-state index in [9.17, 15) is 14.0 Å². The van der Waals surface area contributed by atoms with Gasteiger partial charge in [-0.15, -0.1) is 0 Å². The van der Waals surface area contributed by atoms with Gasteiger partial charge in [-0.3, -0.25) is 4.79 Å². The fraction of sp³-hybridized carbons (Fsp3) is 0.0769. The molecule has 0 aliphatic heterocycles. The Morgan fingerprint density at radius 1 is 1.25 bits per heavy atom. The topological polar surface area (TPSA) is 92.2 Å². The third-order valence-electron chi connectivity index (χ3n) is 2.50. The highest BCUT2D eigenvalue weighted by atomic mass is 19.1. The van der Waals surface area contributed by atoms with Crippen LogP contribution >= 0.6 is 0 Å². The third kappa shape index (κ3) is 2.77. The predicted octanol–water partition coefficient (Wildman–Crippen LogP) is 1.87. The van der Waals surface area contributed by atoms with E-state index in [-0.39, 0.29) is 11.4 Å². The summed E-state index contributed by atoms with van der Waals surface area (Å²) >= 11 is 0. The van der Waals surface area contributed by atoms with Crippen LogP contribution in [0.1, 0.15) is 26.4 Å². The summed E-state index contributed by atoms with van der Waals surface area (Å²) in [4.78, 5) is 30.2. The average molecular weight is 275 g/mol. The molecule has 0 aliphatic carbocycles. The normalized spacial score (nSPS) is 10.1. The minimum absolute atomic E-state index is 0.188. The van der Waals surface area contributed by atoms with Gasteiger partial charge in [-0.25, -0.2) is 19.2 Å². The molecule has 6 nitrogen and oxygen atoms in total. The Morgan fingerprint density at radius 2 is 1.95 bits per heavy atom. The SMILES string of the molecule is Cc1ccc(F)c(C(=O)Nc2nccnc2C(=O)O)c1. The number of nitrogens with zero attached hydrogens (tertiary/aromatic N) is 2. The van der Waals surface area contributed by atoms with E-state index in [1.807, 2.05) is 0 Å². The van der Waals surface area contributed by atoms with Crippen molar-refractivity contribution in [1.29, 1.82) is 0 Å². The van der Waals surface area contributed by atoms with E-state index in [1.165, 1.54) is 30.6 Å². The Balaban J connectivity index is 2.33. The van der Waals surface area contributed by atoms with Crippen molar-refractivity contribution in [1.82, 2.24) is 9.97 Å². The summed E-state index contributed by atoms with van der Waals surface area (Å²) in [5.41, 5.74) is 0.107. The third-order valence-corrected chi connectivity index (χ3v) is 2.50. The molecular weight excluding hydrogens is 265 g/mol. The Bertz CT molecular complexity index is 688. The van der Waals surface area contributed by atoms with Gasteiger partial charge in [0, 0.05) is 12.4 Å². The molecular formula is C13H10FN3O3. The van der Waals surface area contributed by atoms with Crippen LogP contribution in [0.4, 0.5) is 10.2 Å². The number of hydrogen-bond donors (Lipinski definition) is 2. The van der Waals surface area contributed by atoms with Gasteiger partial charge in [-0.05, 0) is 19.1 Å². The van der Waals surface area contributed by atoms with Crippen LogP contribution in [0.2, 0.25) is 0 Å². The molecule has 102 valence electrons. The number of anilines is 1. The Hall–Kier alpha value is -2.83. The van der Waals surface area contributed by atoms with Crippen LogP contribution in [-0.4, -0.2) is 27.0 Å². The van der Waals surface area contributed by atoms with Gasteiger partial charge in [0.25, 0.3) is 5.91 Å². The molecule has 0 saturated carbocycles. The predicted molar refractivity (Wildman–Crippen MR) is 68.1 cm³/mol. The lowest BCUT2D eigenvalue weighted by molar-refractivity contribution is 0.0691. The first-order valence-electron chi connectivity index (χ1n) is 5.61. The fourth-order valence-electron chi connectivity index (χ4n) is 1.57. The number of aromatic nitrogens is 2. The van der Waals surface area contributed by atoms with Crippen molar-refractivity contribution in [3.8, 4) is 0 Å². The van der Waals surface area contributed by atoms with Crippen molar-refractivity contribution in [2.75, 3.05) is 5.32 Å². The summed E-state index contributed by atoms with van der Waals surface area (Å²) in [7, 11) is 0. The van der Waals surface area contributed by atoms with Gasteiger partial charge in [0.05, 0.1) is 5.56 Å². The molecule has 0 bridgehead atoms. The van der Waals surface area contributed by atoms with Gasteiger partial charge >= 0.3 is 5.97 Å². The Morgan fingerprint density at radius 3 is 2.65 bits per heavy atom. The molecule has 1 amide bonds. The lowest BCUT2D eigenvalue weighted by atomic mass is 10.1. The maximum Gasteiger partial charge on any atom is 0.358 e. The first kappa shape index (κ1) is 13.6. The van der Waals surface area contributed by atoms with Crippen LogP contribution in [0.5, 0.6) is 0 Å². The van der Waals surface area contributed by atoms with Gasteiger partial charge in [-0.2, -0.15) is 0 Å². The zero-order chi connectivity index (χ0) is 14.7. The number of carboxylic acid groups (broad SMARTS) is 1. The van der Waals surface area contributed by atoms with E-state index in [4.69, 9.17) is 5.11 Å². The van der Waals surface area contributed by atoms with Gasteiger partial charge in [-0.1, -0.05) is 11.6 Å². The van der Waals surface area contributed by atoms with Crippen LogP contribution in [0, 0.1) is 12.7 Å². The van der Waals surface area contributed by atoms with Gasteiger partial charge < -0.3 is 10.4 Å². The highest BCUT2D eigenvalue weighted by molar-refractivity contribution is 6.06. The van der Waals surface area contributed by atoms with Crippen molar-refractivity contribution in [2.24, 2.45) is 0 Å². The number of amides is 1. The molecule has 1 aromatic heterocycles. The number of aryl methyl sites for hydroxylation is 1. The van der Waals surface area contributed by atoms with Crippen LogP contribution in [0.25, 0.3) is 0 Å². The van der Waals surface area contributed by atoms with Gasteiger partial charge in [0.1, 0.15) is 5.82 Å². The zero-order valence-electron chi connectivity index (χ0n) is 10.4. The molecule has 1 heterocycles. The highest BCUT2D eigenvalue weighted by Crippen LogP contribution is 2.14. The molecule has 0 spiro atoms. The second kappa shape index (κ2) is 5.43. The monoisotopic (exact) mass is 275 g/mol. The summed E-state index contributed by atoms with van der Waals surface area (Å²) in [6, 6.07) is 4.05. The number of carbonyl (C=O) groups is 2. The molecule has 0 unspecified atom stereocenters. The number of hydrogen-bond acceptors (Lipinski definition) is 4. The smallest absolute Gasteiger partial charge is 0.358 e. The minimum Gasteiger partial charge on any atom is -0.476 e. The molecule has 0 radical (unpaired) electrons. The number of nitrogens with one attached hydrogen (secondary N) is 1. The van der Waals surface area contributed by atoms with E-state index >= 15 is 0 Å². The van der Waals surface area contributed by atoms with Crippen LogP contribution in [0.15, 0.2) is 30.6 Å². The Kier molecular flexibility index (Phi) is 3.69. The van der Waals surface area contributed by atoms with Crippen LogP contribution < -0.4 is 5.32 Å². The van der Waals surface area contributed by atoms with E-state index < -0.39 is 23.4 Å². The molecule has 0 saturated heterocycles. The van der Waals surface area contributed by atoms with Crippen LogP contribution in [0.3, 0.4) is 0 Å². The molecule has 0 fully saturated rings. The standard InChI is InChI=1S/C13H10FN3O3/c1-7-2-3-9(14)8(6-7)12(18)17-11-10(13(19)20)15-4-5-16-11/h2-6H,1H3,(H,19,20)(H,16,17,18). The van der Waals surface area contributed by atoms with E-state index in [2.05, 4.69) is 15.3 Å². The lowest BCUT2D eigenvalue weighted by Crippen LogP contribution is -2.18. The summed E-state index contributed by atoms with van der Waals surface area (Å²) < 4.78 is 13.6. The lowest BCUT2D eigenvalue weighted by Gasteiger charge is -2.07. The first-order valence-corrected chi connectivity index (χ1v) is 5.61. The average Bonchev–Trinajstić information content (AvgIpc) is 2.41. The van der Waals surface area contributed by atoms with Gasteiger partial charge in [0.2, 0.25) is 0 Å². The Labute approximate surface area is 113 Å². The van der Waals surface area contributed by atoms with E-state index in [0.717, 1.165) is 0 Å². The summed E-state index contributed by atoms with van der Waals surface area (Å²) in [5.74, 6) is -3.05. The molecule has 1 aromatic carbocycles. The largest absolute Gasteiger partial charge is 0.476 e. The second-order valence-corrected chi connectivity index (χ2v) is 4.00. The molecule has 20 heavy (non-hydrogen) atoms. The molecule has 2 aromatic rings. The maximum absolute atomic E-state index is 13.6. The second-order valence-electron chi connectivity index (χ2n) is 4.00. The highest BCUT2D eigenvalue weighted by Gasteiger charge is 2.18. The molecule has 2 N–H and O–H groups in total. The number of carboxylic acids is 1. The van der Waals surface area contributed by atoms with Crippen molar-refractivity contribution >= 4 is 17.7 Å². The molecule has 0 aliphatic rings. The number of benzene rings is 1. The maximum atomic E-state index is 13.6. The van der Waals surface area contributed by atoms with E-state index in [1.54, 1.807) is 6.92 Å². The van der Waals surface area contributed by atoms with Gasteiger partial charge in [0.15, 0.2) is 11.5 Å². The van der Waals surface area contributed by atoms with Crippen LogP contribution in [-0.2, 0) is 0 Å². The number of halogens is 1. The van der Waals surface area contributed by atoms with Crippen molar-refractivity contribution in [3.05, 3.63) is 53.2 Å². The summed E-state index contributed by atoms with van der Waals surface area (Å²) in [5, 5.41) is 11.2. The van der Waals surface area contributed by atoms with Crippen molar-refractivity contribution in [2.45, 2.75) is 6.92 Å². The summed E-state index contributed by atoms with van der Waals surface area (Å²) in [6.07, 6.45) is 2.42. The number of carbonyl (C=O) groups excluding carboxylic acids is 1. The molecule has 0 atom stereocenters. The zero-order valence-corrected chi connectivity index (χ0v) is 10.4. The molecule has 2 rings (SSSR count). The van der Waals surface area contributed by atoms with Crippen molar-refractivity contribution in [3.63, 3.8) is 0 Å². The minimum atomic E-state index is -1.34. The first-order chi connectivity index (χ1) is 9.49. The number of rotatable bonds is 3. The summed E-state index contributed by atoms with van der Waals surface area (Å²) in [6.45, 7) is 1.71. The fourth-order valence-corrected chi connectivity index (χ4v) is 1.57. The number of aromatic carboxylic acids is 1.